The number of halogens is 2. The van der Waals surface area contributed by atoms with Gasteiger partial charge in [0, 0.05) is 36.4 Å². The number of hydrogen-bond donors (Lipinski definition) is 4. The normalized spacial score (nSPS) is 14.0. The van der Waals surface area contributed by atoms with Gasteiger partial charge in [-0.05, 0) is 77.8 Å². The van der Waals surface area contributed by atoms with Gasteiger partial charge in [0.2, 0.25) is 0 Å². The molecule has 0 spiro atoms. The topological polar surface area (TPSA) is 109 Å². The van der Waals surface area contributed by atoms with Crippen molar-refractivity contribution in [3.8, 4) is 11.5 Å². The minimum Gasteiger partial charge on any atom is -0.497 e. The van der Waals surface area contributed by atoms with Crippen LogP contribution in [0.1, 0.15) is 69.1 Å². The fourth-order valence-electron chi connectivity index (χ4n) is 5.87. The molecule has 1 aliphatic rings. The van der Waals surface area contributed by atoms with Gasteiger partial charge in [-0.2, -0.15) is 0 Å². The highest BCUT2D eigenvalue weighted by atomic mass is 35.5. The number of nitrogen functional groups attached to an aromatic ring is 1. The van der Waals surface area contributed by atoms with Crippen LogP contribution in [0.4, 0.5) is 21.9 Å². The first-order chi connectivity index (χ1) is 20.2. The summed E-state index contributed by atoms with van der Waals surface area (Å²) >= 11 is 0. The Morgan fingerprint density at radius 3 is 2.20 bits per heavy atom. The smallest absolute Gasteiger partial charge is 0.319 e. The number of carbonyl (C=O) groups excluding carboxylic acids is 1. The molecule has 0 saturated carbocycles. The Balaban J connectivity index is 0.00000337. The monoisotopic (exact) mass is 646 g/mol. The molecule has 2 amide bonds. The first-order valence-electron chi connectivity index (χ1n) is 14.9. The zero-order valence-electron chi connectivity index (χ0n) is 26.4. The van der Waals surface area contributed by atoms with Crippen LogP contribution in [0, 0.1) is 0 Å². The second-order valence-corrected chi connectivity index (χ2v) is 11.7. The molecule has 0 atom stereocenters. The van der Waals surface area contributed by atoms with E-state index in [9.17, 15) is 9.90 Å². The Hall–Kier alpha value is -3.33. The Bertz CT molecular complexity index is 1330. The van der Waals surface area contributed by atoms with Crippen molar-refractivity contribution in [3.63, 3.8) is 0 Å². The second kappa shape index (κ2) is 16.7. The van der Waals surface area contributed by atoms with Crippen molar-refractivity contribution in [2.45, 2.75) is 57.8 Å². The van der Waals surface area contributed by atoms with Crippen LogP contribution in [-0.4, -0.2) is 51.1 Å². The van der Waals surface area contributed by atoms with Crippen LogP contribution >= 0.6 is 24.8 Å². The van der Waals surface area contributed by atoms with Crippen LogP contribution in [-0.2, 0) is 5.41 Å². The lowest BCUT2D eigenvalue weighted by Crippen LogP contribution is -2.49. The fourth-order valence-corrected chi connectivity index (χ4v) is 5.87. The van der Waals surface area contributed by atoms with Gasteiger partial charge in [-0.3, -0.25) is 0 Å². The molecule has 1 fully saturated rings. The van der Waals surface area contributed by atoms with Gasteiger partial charge in [0.1, 0.15) is 18.1 Å². The highest BCUT2D eigenvalue weighted by Crippen LogP contribution is 2.40. The van der Waals surface area contributed by atoms with Crippen molar-refractivity contribution < 1.29 is 19.4 Å². The van der Waals surface area contributed by atoms with E-state index in [2.05, 4.69) is 61.4 Å². The van der Waals surface area contributed by atoms with E-state index >= 15 is 0 Å². The predicted octanol–water partition coefficient (Wildman–Crippen LogP) is 7.10. The van der Waals surface area contributed by atoms with Gasteiger partial charge in [-0.25, -0.2) is 4.79 Å². The van der Waals surface area contributed by atoms with Crippen LogP contribution in [0.2, 0.25) is 0 Å². The summed E-state index contributed by atoms with van der Waals surface area (Å²) in [7, 11) is 1.68. The minimum atomic E-state index is -0.286. The van der Waals surface area contributed by atoms with E-state index in [4.69, 9.17) is 15.2 Å². The lowest BCUT2D eigenvalue weighted by atomic mass is 9.72. The summed E-state index contributed by atoms with van der Waals surface area (Å²) < 4.78 is 11.4. The molecule has 44 heavy (non-hydrogen) atoms. The van der Waals surface area contributed by atoms with E-state index in [0.717, 1.165) is 65.5 Å². The van der Waals surface area contributed by atoms with Crippen molar-refractivity contribution in [2.24, 2.45) is 0 Å². The molecule has 10 heteroatoms. The number of para-hydroxylation sites is 2. The molecular formula is C34H48Cl2N4O4. The standard InChI is InChI=1S/C34H46N4O4.2ClH/c1-23(2)28-20-26(35)21-29(24(3)4)32(28)37-33(40)36-22-34(25-9-8-10-27(19-25)41-5)13-15-38(16-14-34)30-11-6-7-12-31(30)42-18-17-39;;/h6-12,19-21,23-24,39H,13-18,22,35H2,1-5H3,(H2,36,37,40);2*1H. The van der Waals surface area contributed by atoms with Crippen molar-refractivity contribution in [1.82, 2.24) is 5.32 Å². The molecule has 242 valence electrons. The maximum absolute atomic E-state index is 13.5. The molecule has 8 nitrogen and oxygen atoms in total. The molecule has 1 heterocycles. The number of urea groups is 1. The van der Waals surface area contributed by atoms with Crippen molar-refractivity contribution in [3.05, 3.63) is 77.4 Å². The third-order valence-corrected chi connectivity index (χ3v) is 8.25. The maximum atomic E-state index is 13.5. The number of aliphatic hydroxyl groups excluding tert-OH is 1. The Labute approximate surface area is 274 Å². The molecule has 1 aliphatic heterocycles. The van der Waals surface area contributed by atoms with E-state index in [0.29, 0.717) is 12.2 Å². The molecule has 4 rings (SSSR count). The number of methoxy groups -OCH3 is 1. The average Bonchev–Trinajstić information content (AvgIpc) is 3.00. The van der Waals surface area contributed by atoms with Gasteiger partial charge in [-0.1, -0.05) is 52.0 Å². The van der Waals surface area contributed by atoms with Crippen molar-refractivity contribution >= 4 is 47.9 Å². The summed E-state index contributed by atoms with van der Waals surface area (Å²) in [5.74, 6) is 1.98. The fraction of sp³-hybridized carbons (Fsp3) is 0.441. The number of benzene rings is 3. The Kier molecular flexibility index (Phi) is 14.0. The number of piperidine rings is 1. The second-order valence-electron chi connectivity index (χ2n) is 11.7. The number of hydrogen-bond acceptors (Lipinski definition) is 6. The van der Waals surface area contributed by atoms with Gasteiger partial charge >= 0.3 is 6.03 Å². The summed E-state index contributed by atoms with van der Waals surface area (Å²) in [4.78, 5) is 15.8. The van der Waals surface area contributed by atoms with Crippen LogP contribution in [0.3, 0.4) is 0 Å². The summed E-state index contributed by atoms with van der Waals surface area (Å²) in [6.07, 6.45) is 1.65. The first-order valence-corrected chi connectivity index (χ1v) is 14.9. The molecule has 0 aliphatic carbocycles. The molecule has 0 unspecified atom stereocenters. The van der Waals surface area contributed by atoms with E-state index in [1.807, 2.05) is 42.5 Å². The van der Waals surface area contributed by atoms with Gasteiger partial charge in [0.05, 0.1) is 19.4 Å². The van der Waals surface area contributed by atoms with Crippen LogP contribution in [0.5, 0.6) is 11.5 Å². The summed E-state index contributed by atoms with van der Waals surface area (Å²) in [5.41, 5.74) is 11.7. The number of anilines is 3. The van der Waals surface area contributed by atoms with E-state index in [1.54, 1.807) is 7.11 Å². The largest absolute Gasteiger partial charge is 0.497 e. The number of ether oxygens (including phenoxy) is 2. The summed E-state index contributed by atoms with van der Waals surface area (Å²) in [6.45, 7) is 10.7. The number of nitrogens with one attached hydrogen (secondary N) is 2. The number of aliphatic hydroxyl groups is 1. The SMILES string of the molecule is COc1cccc(C2(CNC(=O)Nc3c(C(C)C)cc(N)cc3C(C)C)CCN(c3ccccc3OCCO)CC2)c1.Cl.Cl. The summed E-state index contributed by atoms with van der Waals surface area (Å²) in [6, 6.07) is 19.8. The third kappa shape index (κ3) is 8.65. The first kappa shape index (κ1) is 36.9. The van der Waals surface area contributed by atoms with Gasteiger partial charge < -0.3 is 35.8 Å². The van der Waals surface area contributed by atoms with Crippen LogP contribution in [0.15, 0.2) is 60.7 Å². The van der Waals surface area contributed by atoms with Crippen LogP contribution in [0.25, 0.3) is 0 Å². The zero-order chi connectivity index (χ0) is 30.3. The quantitative estimate of drug-likeness (QED) is 0.166. The molecule has 3 aromatic carbocycles. The number of amides is 2. The van der Waals surface area contributed by atoms with E-state index < -0.39 is 0 Å². The Morgan fingerprint density at radius 1 is 0.977 bits per heavy atom. The number of nitrogens with two attached hydrogens (primary N) is 1. The number of rotatable bonds is 11. The Morgan fingerprint density at radius 2 is 1.61 bits per heavy atom. The average molecular weight is 648 g/mol. The molecule has 5 N–H and O–H groups in total. The van der Waals surface area contributed by atoms with Crippen molar-refractivity contribution in [1.29, 1.82) is 0 Å². The molecule has 3 aromatic rings. The number of carbonyl (C=O) groups is 1. The molecular weight excluding hydrogens is 599 g/mol. The molecule has 0 bridgehead atoms. The molecule has 0 aromatic heterocycles. The highest BCUT2D eigenvalue weighted by molar-refractivity contribution is 5.92. The molecule has 1 saturated heterocycles. The van der Waals surface area contributed by atoms with Crippen LogP contribution < -0.4 is 30.7 Å². The van der Waals surface area contributed by atoms with E-state index in [-0.39, 0.29) is 61.3 Å². The highest BCUT2D eigenvalue weighted by Gasteiger charge is 2.37. The van der Waals surface area contributed by atoms with Gasteiger partial charge in [-0.15, -0.1) is 24.8 Å². The third-order valence-electron chi connectivity index (χ3n) is 8.25. The number of nitrogens with zero attached hydrogens (tertiary/aromatic N) is 1. The zero-order valence-corrected chi connectivity index (χ0v) is 28.0. The van der Waals surface area contributed by atoms with Crippen molar-refractivity contribution in [2.75, 3.05) is 55.9 Å². The lowest BCUT2D eigenvalue weighted by Gasteiger charge is -2.43. The maximum Gasteiger partial charge on any atom is 0.319 e. The summed E-state index contributed by atoms with van der Waals surface area (Å²) in [5, 5.41) is 15.7. The van der Waals surface area contributed by atoms with Gasteiger partial charge in [0.15, 0.2) is 0 Å². The van der Waals surface area contributed by atoms with E-state index in [1.165, 1.54) is 0 Å². The van der Waals surface area contributed by atoms with Gasteiger partial charge in [0.25, 0.3) is 0 Å². The molecule has 0 radical (unpaired) electrons. The predicted molar refractivity (Wildman–Crippen MR) is 186 cm³/mol. The lowest BCUT2D eigenvalue weighted by molar-refractivity contribution is 0.201. The minimum absolute atomic E-state index is 0.